The molecule has 444 valence electrons. The second-order valence-electron chi connectivity index (χ2n) is 22.4. The lowest BCUT2D eigenvalue weighted by atomic mass is 10.0. The van der Waals surface area contributed by atoms with Gasteiger partial charge in [0.1, 0.15) is 13.2 Å². The molecule has 0 fully saturated rings. The molecule has 0 radical (unpaired) electrons. The van der Waals surface area contributed by atoms with Crippen molar-refractivity contribution in [2.24, 2.45) is 0 Å². The van der Waals surface area contributed by atoms with Gasteiger partial charge in [0, 0.05) is 6.42 Å². The fourth-order valence-electron chi connectivity index (χ4n) is 8.80. The van der Waals surface area contributed by atoms with Crippen molar-refractivity contribution in [3.8, 4) is 0 Å². The van der Waals surface area contributed by atoms with Crippen LogP contribution in [0.1, 0.15) is 264 Å². The second-order valence-corrected chi connectivity index (χ2v) is 23.8. The third-order valence-corrected chi connectivity index (χ3v) is 14.7. The van der Waals surface area contributed by atoms with Crippen LogP contribution in [0.3, 0.4) is 0 Å². The zero-order valence-electron chi connectivity index (χ0n) is 50.6. The maximum atomic E-state index is 13.0. The van der Waals surface area contributed by atoms with Gasteiger partial charge in [0.05, 0.1) is 39.9 Å². The molecule has 0 bridgehead atoms. The van der Waals surface area contributed by atoms with Crippen LogP contribution in [0.15, 0.2) is 109 Å². The summed E-state index contributed by atoms with van der Waals surface area (Å²) in [6, 6.07) is -0.916. The molecule has 3 unspecified atom stereocenters. The Morgan fingerprint density at radius 2 is 0.805 bits per heavy atom. The first kappa shape index (κ1) is 74.2. The van der Waals surface area contributed by atoms with Crippen molar-refractivity contribution in [1.29, 1.82) is 0 Å². The third-order valence-electron chi connectivity index (χ3n) is 13.7. The Balaban J connectivity index is 4.23. The van der Waals surface area contributed by atoms with Gasteiger partial charge >= 0.3 is 0 Å². The standard InChI is InChI=1S/C68H121N2O6P/c1-6-8-10-12-14-16-18-20-22-24-26-28-30-32-33-34-35-36-37-38-40-42-44-46-48-50-52-54-56-58-60-62-68(72)69-66(65-76-77(73,74)75-64-63-70(3,4)5)67(71)61-59-57-55-53-51-49-47-45-43-41-39-31-29-27-25-23-21-19-17-15-13-11-9-7-2/h8,10,14,16,20,22,26,28,32-33,35-36,38,40,51,53,59,61,66-67,71H,6-7,9,11-13,15,17-19,21,23-25,27,29-31,34,37,39,41-50,52,54-58,60,62-65H2,1-5H3,(H-,69,72,73,74)/b10-8-,16-14-,22-20-,28-26-,33-32-,36-35-,40-38-,53-51+,61-59+. The minimum Gasteiger partial charge on any atom is -0.756 e. The molecule has 0 aliphatic rings. The Morgan fingerprint density at radius 1 is 0.468 bits per heavy atom. The number of aliphatic hydroxyl groups excluding tert-OH is 1. The SMILES string of the molecule is CC/C=C\C/C=C\C/C=C\C/C=C\C/C=C\C/C=C\C/C=C\CCCCCCCCCCCC(=O)NC(COP(=O)([O-])OCC[N+](C)(C)C)C(O)/C=C/CC/C=C/CCCCCCCCCCCCCCCCCCCC. The summed E-state index contributed by atoms with van der Waals surface area (Å²) in [5.41, 5.74) is 0. The largest absolute Gasteiger partial charge is 0.756 e. The summed E-state index contributed by atoms with van der Waals surface area (Å²) in [5, 5.41) is 13.9. The van der Waals surface area contributed by atoms with Gasteiger partial charge < -0.3 is 28.8 Å². The molecule has 0 aliphatic carbocycles. The van der Waals surface area contributed by atoms with Gasteiger partial charge in [-0.3, -0.25) is 9.36 Å². The molecule has 3 atom stereocenters. The van der Waals surface area contributed by atoms with Crippen LogP contribution in [-0.4, -0.2) is 68.5 Å². The van der Waals surface area contributed by atoms with Crippen molar-refractivity contribution in [3.63, 3.8) is 0 Å². The molecule has 77 heavy (non-hydrogen) atoms. The van der Waals surface area contributed by atoms with Crippen molar-refractivity contribution >= 4 is 13.7 Å². The number of unbranched alkanes of at least 4 members (excludes halogenated alkanes) is 28. The van der Waals surface area contributed by atoms with Gasteiger partial charge in [-0.1, -0.05) is 277 Å². The van der Waals surface area contributed by atoms with E-state index in [1.54, 1.807) is 6.08 Å². The number of phosphoric acid groups is 1. The lowest BCUT2D eigenvalue weighted by Crippen LogP contribution is -2.45. The van der Waals surface area contributed by atoms with E-state index in [4.69, 9.17) is 9.05 Å². The normalized spacial score (nSPS) is 14.5. The molecule has 0 rings (SSSR count). The summed E-state index contributed by atoms with van der Waals surface area (Å²) >= 11 is 0. The predicted molar refractivity (Wildman–Crippen MR) is 334 cm³/mol. The first-order valence-electron chi connectivity index (χ1n) is 31.7. The smallest absolute Gasteiger partial charge is 0.268 e. The van der Waals surface area contributed by atoms with E-state index in [0.29, 0.717) is 17.4 Å². The molecule has 0 saturated carbocycles. The predicted octanol–water partition coefficient (Wildman–Crippen LogP) is 19.3. The van der Waals surface area contributed by atoms with Gasteiger partial charge in [0.2, 0.25) is 5.91 Å². The summed E-state index contributed by atoms with van der Waals surface area (Å²) in [5.74, 6) is -0.216. The Labute approximate surface area is 476 Å². The molecule has 8 nitrogen and oxygen atoms in total. The molecule has 0 spiro atoms. The number of phosphoric ester groups is 1. The van der Waals surface area contributed by atoms with E-state index in [-0.39, 0.29) is 12.5 Å². The van der Waals surface area contributed by atoms with Crippen LogP contribution in [0.4, 0.5) is 0 Å². The summed E-state index contributed by atoms with van der Waals surface area (Å²) < 4.78 is 23.4. The van der Waals surface area contributed by atoms with Crippen LogP contribution in [0.2, 0.25) is 0 Å². The number of nitrogens with one attached hydrogen (secondary N) is 1. The van der Waals surface area contributed by atoms with Crippen molar-refractivity contribution in [3.05, 3.63) is 109 Å². The number of hydrogen-bond donors (Lipinski definition) is 2. The van der Waals surface area contributed by atoms with Crippen LogP contribution in [-0.2, 0) is 18.4 Å². The van der Waals surface area contributed by atoms with Gasteiger partial charge in [0.15, 0.2) is 0 Å². The topological polar surface area (TPSA) is 108 Å². The minimum atomic E-state index is -4.62. The second kappa shape index (κ2) is 57.8. The van der Waals surface area contributed by atoms with E-state index in [1.165, 1.54) is 148 Å². The van der Waals surface area contributed by atoms with Gasteiger partial charge in [-0.05, 0) is 89.9 Å². The van der Waals surface area contributed by atoms with Gasteiger partial charge in [-0.15, -0.1) is 0 Å². The molecule has 0 aromatic rings. The van der Waals surface area contributed by atoms with Crippen molar-refractivity contribution in [1.82, 2.24) is 5.32 Å². The Bertz CT molecular complexity index is 1620. The lowest BCUT2D eigenvalue weighted by Gasteiger charge is -2.29. The van der Waals surface area contributed by atoms with Crippen LogP contribution >= 0.6 is 7.82 Å². The highest BCUT2D eigenvalue weighted by atomic mass is 31.2. The summed E-state index contributed by atoms with van der Waals surface area (Å²) in [7, 11) is 1.23. The van der Waals surface area contributed by atoms with Crippen LogP contribution in [0, 0.1) is 0 Å². The zero-order valence-corrected chi connectivity index (χ0v) is 51.5. The van der Waals surface area contributed by atoms with Crippen LogP contribution < -0.4 is 10.2 Å². The average Bonchev–Trinajstić information content (AvgIpc) is 3.39. The number of allylic oxidation sites excluding steroid dienone is 17. The number of amides is 1. The molecule has 0 saturated heterocycles. The van der Waals surface area contributed by atoms with E-state index >= 15 is 0 Å². The van der Waals surface area contributed by atoms with E-state index in [1.807, 2.05) is 27.2 Å². The van der Waals surface area contributed by atoms with Crippen molar-refractivity contribution in [2.45, 2.75) is 276 Å². The number of carbonyl (C=O) groups is 1. The maximum Gasteiger partial charge on any atom is 0.268 e. The van der Waals surface area contributed by atoms with Crippen molar-refractivity contribution in [2.75, 3.05) is 40.9 Å². The van der Waals surface area contributed by atoms with Gasteiger partial charge in [0.25, 0.3) is 7.82 Å². The summed E-state index contributed by atoms with van der Waals surface area (Å²) in [4.78, 5) is 25.6. The number of hydrogen-bond acceptors (Lipinski definition) is 6. The molecule has 9 heteroatoms. The highest BCUT2D eigenvalue weighted by molar-refractivity contribution is 7.45. The number of aliphatic hydroxyl groups is 1. The molecule has 1 amide bonds. The molecular weight excluding hydrogens is 972 g/mol. The maximum absolute atomic E-state index is 13.0. The first-order chi connectivity index (χ1) is 37.5. The first-order valence-corrected chi connectivity index (χ1v) is 33.2. The minimum absolute atomic E-state index is 0.0126. The average molecular weight is 1090 g/mol. The summed E-state index contributed by atoms with van der Waals surface area (Å²) in [6.07, 6.45) is 84.7. The molecule has 0 aliphatic heterocycles. The highest BCUT2D eigenvalue weighted by Gasteiger charge is 2.23. The van der Waals surface area contributed by atoms with Crippen LogP contribution in [0.5, 0.6) is 0 Å². The monoisotopic (exact) mass is 1090 g/mol. The van der Waals surface area contributed by atoms with Crippen LogP contribution in [0.25, 0.3) is 0 Å². The Kier molecular flexibility index (Phi) is 55.7. The van der Waals surface area contributed by atoms with E-state index in [0.717, 1.165) is 96.3 Å². The van der Waals surface area contributed by atoms with E-state index in [2.05, 4.69) is 116 Å². The number of rotatable bonds is 57. The van der Waals surface area contributed by atoms with Crippen molar-refractivity contribution < 1.29 is 32.9 Å². The number of nitrogens with zero attached hydrogens (tertiary/aromatic N) is 1. The third kappa shape index (κ3) is 60.6. The highest BCUT2D eigenvalue weighted by Crippen LogP contribution is 2.38. The summed E-state index contributed by atoms with van der Waals surface area (Å²) in [6.45, 7) is 4.52. The molecule has 0 aromatic carbocycles. The van der Waals surface area contributed by atoms with E-state index < -0.39 is 26.6 Å². The van der Waals surface area contributed by atoms with E-state index in [9.17, 15) is 19.4 Å². The molecule has 2 N–H and O–H groups in total. The van der Waals surface area contributed by atoms with Gasteiger partial charge in [-0.25, -0.2) is 0 Å². The molecule has 0 heterocycles. The molecule has 0 aromatic heterocycles. The molecular formula is C68H121N2O6P. The lowest BCUT2D eigenvalue weighted by molar-refractivity contribution is -0.870. The fourth-order valence-corrected chi connectivity index (χ4v) is 9.52. The zero-order chi connectivity index (χ0) is 56.3. The number of carbonyl (C=O) groups excluding carboxylic acids is 1. The fraction of sp³-hybridized carbons (Fsp3) is 0.721. The number of quaternary nitrogens is 1. The number of likely N-dealkylation sites (N-methyl/N-ethyl adjacent to an activating group) is 1. The van der Waals surface area contributed by atoms with Gasteiger partial charge in [-0.2, -0.15) is 0 Å². The quantitative estimate of drug-likeness (QED) is 0.0272. The Hall–Kier alpha value is -2.84. The Morgan fingerprint density at radius 3 is 1.21 bits per heavy atom.